The summed E-state index contributed by atoms with van der Waals surface area (Å²) in [7, 11) is 0. The number of rotatable bonds is 3. The van der Waals surface area contributed by atoms with Crippen molar-refractivity contribution in [3.8, 4) is 0 Å². The fourth-order valence-electron chi connectivity index (χ4n) is 3.73. The SMILES string of the molecule is CCOC(=O)c1csc2c1CCN(C(=O)c1cnc3ccccn13)C2(C)C. The molecule has 0 radical (unpaired) electrons. The van der Waals surface area contributed by atoms with Crippen LogP contribution in [0, 0.1) is 0 Å². The lowest BCUT2D eigenvalue weighted by Crippen LogP contribution is -2.49. The van der Waals surface area contributed by atoms with Gasteiger partial charge in [0.2, 0.25) is 0 Å². The molecule has 6 nitrogen and oxygen atoms in total. The molecule has 4 rings (SSSR count). The van der Waals surface area contributed by atoms with E-state index < -0.39 is 5.54 Å². The summed E-state index contributed by atoms with van der Waals surface area (Å²) < 4.78 is 6.99. The van der Waals surface area contributed by atoms with Crippen molar-refractivity contribution in [3.05, 3.63) is 57.7 Å². The number of imidazole rings is 1. The third-order valence-corrected chi connectivity index (χ3v) is 6.42. The lowest BCUT2D eigenvalue weighted by atomic mass is 9.88. The van der Waals surface area contributed by atoms with E-state index in [1.165, 1.54) is 11.3 Å². The maximum Gasteiger partial charge on any atom is 0.339 e. The first-order valence-electron chi connectivity index (χ1n) is 8.97. The van der Waals surface area contributed by atoms with Crippen LogP contribution in [0.3, 0.4) is 0 Å². The third-order valence-electron chi connectivity index (χ3n) is 5.09. The molecule has 3 aromatic heterocycles. The van der Waals surface area contributed by atoms with Gasteiger partial charge in [-0.15, -0.1) is 11.3 Å². The van der Waals surface area contributed by atoms with Crippen LogP contribution in [0.1, 0.15) is 52.1 Å². The highest BCUT2D eigenvalue weighted by Crippen LogP contribution is 2.41. The molecule has 3 aromatic rings. The Hall–Kier alpha value is -2.67. The number of fused-ring (bicyclic) bond motifs is 2. The van der Waals surface area contributed by atoms with Crippen molar-refractivity contribution in [2.24, 2.45) is 0 Å². The molecule has 140 valence electrons. The van der Waals surface area contributed by atoms with Crippen LogP contribution >= 0.6 is 11.3 Å². The van der Waals surface area contributed by atoms with Gasteiger partial charge in [-0.1, -0.05) is 6.07 Å². The molecule has 0 spiro atoms. The Balaban J connectivity index is 1.70. The van der Waals surface area contributed by atoms with Crippen molar-refractivity contribution in [2.45, 2.75) is 32.7 Å². The number of carbonyl (C=O) groups excluding carboxylic acids is 2. The number of hydrogen-bond acceptors (Lipinski definition) is 5. The lowest BCUT2D eigenvalue weighted by molar-refractivity contribution is 0.0505. The van der Waals surface area contributed by atoms with Crippen LogP contribution in [-0.2, 0) is 16.7 Å². The zero-order valence-electron chi connectivity index (χ0n) is 15.6. The maximum absolute atomic E-state index is 13.3. The Bertz CT molecular complexity index is 1030. The molecule has 0 aromatic carbocycles. The molecule has 4 heterocycles. The summed E-state index contributed by atoms with van der Waals surface area (Å²) in [4.78, 5) is 32.8. The Morgan fingerprint density at radius 1 is 1.33 bits per heavy atom. The minimum atomic E-state index is -0.515. The Kier molecular flexibility index (Phi) is 4.26. The summed E-state index contributed by atoms with van der Waals surface area (Å²) in [6.45, 7) is 6.75. The second-order valence-corrected chi connectivity index (χ2v) is 7.90. The van der Waals surface area contributed by atoms with E-state index in [4.69, 9.17) is 4.74 Å². The van der Waals surface area contributed by atoms with Gasteiger partial charge >= 0.3 is 5.97 Å². The summed E-state index contributed by atoms with van der Waals surface area (Å²) in [5.74, 6) is -0.345. The van der Waals surface area contributed by atoms with E-state index >= 15 is 0 Å². The highest BCUT2D eigenvalue weighted by molar-refractivity contribution is 7.10. The molecule has 0 aliphatic carbocycles. The number of nitrogens with zero attached hydrogens (tertiary/aromatic N) is 3. The first-order valence-corrected chi connectivity index (χ1v) is 9.85. The van der Waals surface area contributed by atoms with Crippen LogP contribution in [0.5, 0.6) is 0 Å². The zero-order valence-corrected chi connectivity index (χ0v) is 16.4. The summed E-state index contributed by atoms with van der Waals surface area (Å²) >= 11 is 1.52. The molecule has 0 N–H and O–H groups in total. The minimum Gasteiger partial charge on any atom is -0.462 e. The summed E-state index contributed by atoms with van der Waals surface area (Å²) in [6.07, 6.45) is 4.11. The van der Waals surface area contributed by atoms with Crippen molar-refractivity contribution in [2.75, 3.05) is 13.2 Å². The van der Waals surface area contributed by atoms with Gasteiger partial charge in [0.1, 0.15) is 11.3 Å². The predicted octanol–water partition coefficient (Wildman–Crippen LogP) is 3.51. The molecule has 0 fully saturated rings. The lowest BCUT2D eigenvalue weighted by Gasteiger charge is -2.42. The molecular weight excluding hydrogens is 362 g/mol. The fourth-order valence-corrected chi connectivity index (χ4v) is 4.96. The van der Waals surface area contributed by atoms with Crippen molar-refractivity contribution in [1.82, 2.24) is 14.3 Å². The van der Waals surface area contributed by atoms with Crippen molar-refractivity contribution >= 4 is 28.9 Å². The Morgan fingerprint density at radius 2 is 2.15 bits per heavy atom. The highest BCUT2D eigenvalue weighted by atomic mass is 32.1. The molecule has 1 aliphatic rings. The van der Waals surface area contributed by atoms with Gasteiger partial charge in [0.15, 0.2) is 0 Å². The molecule has 1 aliphatic heterocycles. The average Bonchev–Trinajstić information content (AvgIpc) is 3.26. The standard InChI is InChI=1S/C20H21N3O3S/c1-4-26-19(25)14-12-27-17-13(14)8-10-23(20(17,2)3)18(24)15-11-21-16-7-5-6-9-22(15)16/h5-7,9,11-12H,4,8,10H2,1-3H3. The number of ether oxygens (including phenoxy) is 1. The van der Waals surface area contributed by atoms with E-state index in [2.05, 4.69) is 4.98 Å². The number of aromatic nitrogens is 2. The third kappa shape index (κ3) is 2.73. The van der Waals surface area contributed by atoms with Crippen LogP contribution in [-0.4, -0.2) is 39.3 Å². The molecule has 1 amide bonds. The van der Waals surface area contributed by atoms with Crippen molar-refractivity contribution in [1.29, 1.82) is 0 Å². The first kappa shape index (κ1) is 17.7. The number of thiophene rings is 1. The van der Waals surface area contributed by atoms with E-state index in [-0.39, 0.29) is 11.9 Å². The van der Waals surface area contributed by atoms with Gasteiger partial charge in [-0.05, 0) is 44.9 Å². The smallest absolute Gasteiger partial charge is 0.339 e. The van der Waals surface area contributed by atoms with Crippen LogP contribution in [0.15, 0.2) is 36.0 Å². The minimum absolute atomic E-state index is 0.0598. The van der Waals surface area contributed by atoms with E-state index in [0.717, 1.165) is 16.1 Å². The van der Waals surface area contributed by atoms with Gasteiger partial charge in [0.25, 0.3) is 5.91 Å². The van der Waals surface area contributed by atoms with Crippen LogP contribution in [0.25, 0.3) is 5.65 Å². The zero-order chi connectivity index (χ0) is 19.2. The average molecular weight is 383 g/mol. The topological polar surface area (TPSA) is 63.9 Å². The van der Waals surface area contributed by atoms with E-state index in [1.807, 2.05) is 52.9 Å². The molecular formula is C20H21N3O3S. The second-order valence-electron chi connectivity index (χ2n) is 7.02. The summed E-state index contributed by atoms with van der Waals surface area (Å²) in [5.41, 5.74) is 2.41. The van der Waals surface area contributed by atoms with E-state index in [1.54, 1.807) is 13.1 Å². The van der Waals surface area contributed by atoms with Gasteiger partial charge in [-0.2, -0.15) is 0 Å². The van der Waals surface area contributed by atoms with Crippen LogP contribution in [0.4, 0.5) is 0 Å². The number of amides is 1. The normalized spacial score (nSPS) is 15.6. The number of esters is 1. The van der Waals surface area contributed by atoms with E-state index in [9.17, 15) is 9.59 Å². The van der Waals surface area contributed by atoms with Crippen LogP contribution < -0.4 is 0 Å². The fraction of sp³-hybridized carbons (Fsp3) is 0.350. The van der Waals surface area contributed by atoms with Crippen molar-refractivity contribution in [3.63, 3.8) is 0 Å². The summed E-state index contributed by atoms with van der Waals surface area (Å²) in [5, 5.41) is 1.85. The number of hydrogen-bond donors (Lipinski definition) is 0. The highest BCUT2D eigenvalue weighted by Gasteiger charge is 2.41. The molecule has 0 saturated carbocycles. The maximum atomic E-state index is 13.3. The van der Waals surface area contributed by atoms with Gasteiger partial charge in [-0.25, -0.2) is 9.78 Å². The first-order chi connectivity index (χ1) is 12.9. The Labute approximate surface area is 161 Å². The van der Waals surface area contributed by atoms with Gasteiger partial charge in [0, 0.05) is 23.0 Å². The Morgan fingerprint density at radius 3 is 2.93 bits per heavy atom. The molecule has 0 atom stereocenters. The largest absolute Gasteiger partial charge is 0.462 e. The van der Waals surface area contributed by atoms with Gasteiger partial charge in [-0.3, -0.25) is 9.20 Å². The molecule has 7 heteroatoms. The summed E-state index contributed by atoms with van der Waals surface area (Å²) in [6, 6.07) is 5.66. The second kappa shape index (κ2) is 6.49. The van der Waals surface area contributed by atoms with E-state index in [0.29, 0.717) is 30.8 Å². The molecule has 0 bridgehead atoms. The van der Waals surface area contributed by atoms with Crippen LogP contribution in [0.2, 0.25) is 0 Å². The predicted molar refractivity (Wildman–Crippen MR) is 103 cm³/mol. The molecule has 0 saturated heterocycles. The quantitative estimate of drug-likeness (QED) is 0.650. The van der Waals surface area contributed by atoms with Gasteiger partial charge < -0.3 is 9.64 Å². The monoisotopic (exact) mass is 383 g/mol. The number of pyridine rings is 1. The molecule has 0 unspecified atom stereocenters. The molecule has 27 heavy (non-hydrogen) atoms. The van der Waals surface area contributed by atoms with Gasteiger partial charge in [0.05, 0.1) is 23.9 Å². The number of carbonyl (C=O) groups is 2. The van der Waals surface area contributed by atoms with Crippen molar-refractivity contribution < 1.29 is 14.3 Å².